The minimum absolute atomic E-state index is 0.188. The number of aromatic hydroxyl groups is 2. The summed E-state index contributed by atoms with van der Waals surface area (Å²) in [5.74, 6) is -0.626. The minimum Gasteiger partial charge on any atom is -0.504 e. The summed E-state index contributed by atoms with van der Waals surface area (Å²) >= 11 is 0. The summed E-state index contributed by atoms with van der Waals surface area (Å²) in [5.41, 5.74) is 9.39. The van der Waals surface area contributed by atoms with Crippen LogP contribution in [0.4, 0.5) is 17.1 Å². The molecule has 3 rings (SSSR count). The Morgan fingerprint density at radius 1 is 1.10 bits per heavy atom. The standard InChI is InChI=1S/C23H23N3O4/c1-30-21-13-17(12-20(27)23(21)29)25-14-16-8-6-15(7-9-16)10-11-22(28)26-19-5-3-2-4-18(19)24/h2-13,25,27,29H,14,24H2,1H3,(H,26,28)/b11-10+. The molecule has 0 bridgehead atoms. The van der Waals surface area contributed by atoms with Crippen LogP contribution in [0.1, 0.15) is 11.1 Å². The first-order valence-corrected chi connectivity index (χ1v) is 9.22. The Kier molecular flexibility index (Phi) is 6.44. The monoisotopic (exact) mass is 405 g/mol. The summed E-state index contributed by atoms with van der Waals surface area (Å²) in [6.07, 6.45) is 3.17. The van der Waals surface area contributed by atoms with E-state index in [0.717, 1.165) is 11.1 Å². The van der Waals surface area contributed by atoms with Crippen molar-refractivity contribution in [2.24, 2.45) is 0 Å². The topological polar surface area (TPSA) is 117 Å². The number of phenols is 2. The van der Waals surface area contributed by atoms with Gasteiger partial charge in [-0.2, -0.15) is 0 Å². The van der Waals surface area contributed by atoms with Crippen molar-refractivity contribution in [3.05, 3.63) is 77.9 Å². The molecule has 0 aliphatic rings. The molecule has 0 radical (unpaired) electrons. The van der Waals surface area contributed by atoms with E-state index in [9.17, 15) is 15.0 Å². The number of benzene rings is 3. The number of ether oxygens (including phenoxy) is 1. The zero-order valence-electron chi connectivity index (χ0n) is 16.4. The molecular formula is C23H23N3O4. The molecule has 0 saturated heterocycles. The second kappa shape index (κ2) is 9.38. The Balaban J connectivity index is 1.57. The molecule has 30 heavy (non-hydrogen) atoms. The number of nitrogens with two attached hydrogens (primary N) is 1. The Labute approximate surface area is 174 Å². The predicted octanol–water partition coefficient (Wildman–Crippen LogP) is 3.95. The number of para-hydroxylation sites is 2. The van der Waals surface area contributed by atoms with Crippen LogP contribution in [0.25, 0.3) is 6.08 Å². The quantitative estimate of drug-likeness (QED) is 0.176. The van der Waals surface area contributed by atoms with Gasteiger partial charge in [-0.1, -0.05) is 36.4 Å². The van der Waals surface area contributed by atoms with Gasteiger partial charge >= 0.3 is 0 Å². The highest BCUT2D eigenvalue weighted by Gasteiger charge is 2.09. The van der Waals surface area contributed by atoms with Crippen molar-refractivity contribution < 1.29 is 19.7 Å². The molecule has 0 saturated carbocycles. The number of methoxy groups -OCH3 is 1. The number of anilines is 3. The fourth-order valence-electron chi connectivity index (χ4n) is 2.76. The number of hydrogen-bond acceptors (Lipinski definition) is 6. The van der Waals surface area contributed by atoms with E-state index in [-0.39, 0.29) is 23.2 Å². The summed E-state index contributed by atoms with van der Waals surface area (Å²) in [4.78, 5) is 12.1. The number of rotatable bonds is 7. The van der Waals surface area contributed by atoms with Gasteiger partial charge in [0.2, 0.25) is 11.7 Å². The number of hydrogen-bond donors (Lipinski definition) is 5. The van der Waals surface area contributed by atoms with Gasteiger partial charge in [0.15, 0.2) is 11.5 Å². The first kappa shape index (κ1) is 20.6. The number of phenolic OH excluding ortho intramolecular Hbond substituents is 2. The number of carbonyl (C=O) groups excluding carboxylic acids is 1. The second-order valence-electron chi connectivity index (χ2n) is 6.55. The van der Waals surface area contributed by atoms with Crippen LogP contribution in [-0.2, 0) is 11.3 Å². The van der Waals surface area contributed by atoms with Gasteiger partial charge in [0, 0.05) is 30.4 Å². The maximum absolute atomic E-state index is 12.1. The van der Waals surface area contributed by atoms with Crippen LogP contribution in [0.5, 0.6) is 17.2 Å². The summed E-state index contributed by atoms with van der Waals surface area (Å²) in [7, 11) is 1.42. The van der Waals surface area contributed by atoms with Gasteiger partial charge < -0.3 is 31.3 Å². The lowest BCUT2D eigenvalue weighted by atomic mass is 10.1. The first-order chi connectivity index (χ1) is 14.5. The lowest BCUT2D eigenvalue weighted by molar-refractivity contribution is -0.111. The van der Waals surface area contributed by atoms with Crippen LogP contribution in [0.15, 0.2) is 66.7 Å². The highest BCUT2D eigenvalue weighted by molar-refractivity contribution is 6.03. The molecule has 0 heterocycles. The van der Waals surface area contributed by atoms with E-state index in [0.29, 0.717) is 23.6 Å². The molecule has 0 fully saturated rings. The van der Waals surface area contributed by atoms with Crippen LogP contribution in [0.3, 0.4) is 0 Å². The molecular weight excluding hydrogens is 382 g/mol. The molecule has 0 aromatic heterocycles. The Hall–Kier alpha value is -4.13. The van der Waals surface area contributed by atoms with Gasteiger partial charge in [-0.25, -0.2) is 0 Å². The highest BCUT2D eigenvalue weighted by Crippen LogP contribution is 2.38. The Bertz CT molecular complexity index is 1060. The first-order valence-electron chi connectivity index (χ1n) is 9.22. The van der Waals surface area contributed by atoms with E-state index < -0.39 is 0 Å². The molecule has 0 aliphatic carbocycles. The van der Waals surface area contributed by atoms with Crippen LogP contribution >= 0.6 is 0 Å². The molecule has 3 aromatic carbocycles. The van der Waals surface area contributed by atoms with Gasteiger partial charge in [-0.05, 0) is 29.3 Å². The number of nitrogens with one attached hydrogen (secondary N) is 2. The van der Waals surface area contributed by atoms with Crippen LogP contribution in [-0.4, -0.2) is 23.2 Å². The summed E-state index contributed by atoms with van der Waals surface area (Å²) in [5, 5.41) is 25.3. The largest absolute Gasteiger partial charge is 0.504 e. The zero-order valence-corrected chi connectivity index (χ0v) is 16.4. The molecule has 0 spiro atoms. The van der Waals surface area contributed by atoms with E-state index in [1.807, 2.05) is 24.3 Å². The van der Waals surface area contributed by atoms with E-state index >= 15 is 0 Å². The normalized spacial score (nSPS) is 10.7. The summed E-state index contributed by atoms with van der Waals surface area (Å²) < 4.78 is 5.03. The molecule has 154 valence electrons. The van der Waals surface area contributed by atoms with Crippen molar-refractivity contribution in [2.45, 2.75) is 6.54 Å². The average molecular weight is 405 g/mol. The zero-order chi connectivity index (χ0) is 21.5. The lowest BCUT2D eigenvalue weighted by Gasteiger charge is -2.11. The molecule has 0 aliphatic heterocycles. The fourth-order valence-corrected chi connectivity index (χ4v) is 2.76. The molecule has 7 heteroatoms. The smallest absolute Gasteiger partial charge is 0.248 e. The minimum atomic E-state index is -0.293. The summed E-state index contributed by atoms with van der Waals surface area (Å²) in [6, 6.07) is 17.7. The van der Waals surface area contributed by atoms with Gasteiger partial charge in [0.05, 0.1) is 18.5 Å². The lowest BCUT2D eigenvalue weighted by Crippen LogP contribution is -2.09. The third-order valence-electron chi connectivity index (χ3n) is 4.40. The van der Waals surface area contributed by atoms with Gasteiger partial charge in [0.1, 0.15) is 0 Å². The van der Waals surface area contributed by atoms with Crippen molar-refractivity contribution in [1.82, 2.24) is 0 Å². The van der Waals surface area contributed by atoms with Crippen molar-refractivity contribution in [2.75, 3.05) is 23.5 Å². The van der Waals surface area contributed by atoms with E-state index in [1.165, 1.54) is 19.3 Å². The highest BCUT2D eigenvalue weighted by atomic mass is 16.5. The van der Waals surface area contributed by atoms with Gasteiger partial charge in [-0.3, -0.25) is 4.79 Å². The number of carbonyl (C=O) groups is 1. The fraction of sp³-hybridized carbons (Fsp3) is 0.0870. The van der Waals surface area contributed by atoms with E-state index in [1.54, 1.807) is 36.4 Å². The van der Waals surface area contributed by atoms with Crippen molar-refractivity contribution in [1.29, 1.82) is 0 Å². The average Bonchev–Trinajstić information content (AvgIpc) is 2.75. The second-order valence-corrected chi connectivity index (χ2v) is 6.55. The number of nitrogen functional groups attached to an aromatic ring is 1. The third kappa shape index (κ3) is 5.23. The van der Waals surface area contributed by atoms with Crippen molar-refractivity contribution in [3.8, 4) is 17.2 Å². The molecule has 1 amide bonds. The predicted molar refractivity (Wildman–Crippen MR) is 119 cm³/mol. The van der Waals surface area contributed by atoms with Crippen LogP contribution < -0.4 is 21.1 Å². The molecule has 0 unspecified atom stereocenters. The molecule has 7 nitrogen and oxygen atoms in total. The van der Waals surface area contributed by atoms with Crippen molar-refractivity contribution >= 4 is 29.0 Å². The molecule has 0 atom stereocenters. The van der Waals surface area contributed by atoms with Crippen molar-refractivity contribution in [3.63, 3.8) is 0 Å². The SMILES string of the molecule is COc1cc(NCc2ccc(/C=C/C(=O)Nc3ccccc3N)cc2)cc(O)c1O. The molecule has 3 aromatic rings. The van der Waals surface area contributed by atoms with Gasteiger partial charge in [0.25, 0.3) is 0 Å². The van der Waals surface area contributed by atoms with Crippen LogP contribution in [0.2, 0.25) is 0 Å². The van der Waals surface area contributed by atoms with E-state index in [4.69, 9.17) is 10.5 Å². The maximum atomic E-state index is 12.1. The van der Waals surface area contributed by atoms with Crippen LogP contribution in [0, 0.1) is 0 Å². The Morgan fingerprint density at radius 3 is 2.53 bits per heavy atom. The Morgan fingerprint density at radius 2 is 1.83 bits per heavy atom. The summed E-state index contributed by atoms with van der Waals surface area (Å²) in [6.45, 7) is 0.505. The maximum Gasteiger partial charge on any atom is 0.248 e. The molecule has 6 N–H and O–H groups in total. The van der Waals surface area contributed by atoms with Gasteiger partial charge in [-0.15, -0.1) is 0 Å². The van der Waals surface area contributed by atoms with E-state index in [2.05, 4.69) is 10.6 Å². The number of amides is 1. The third-order valence-corrected chi connectivity index (χ3v) is 4.40.